The van der Waals surface area contributed by atoms with Crippen molar-refractivity contribution in [3.8, 4) is 5.75 Å². The third-order valence-electron chi connectivity index (χ3n) is 7.27. The molecule has 4 rings (SSSR count). The van der Waals surface area contributed by atoms with Crippen molar-refractivity contribution in [2.24, 2.45) is 5.92 Å². The lowest BCUT2D eigenvalue weighted by molar-refractivity contribution is 0.0364. The predicted molar refractivity (Wildman–Crippen MR) is 149 cm³/mol. The van der Waals surface area contributed by atoms with Crippen LogP contribution >= 0.6 is 0 Å². The summed E-state index contributed by atoms with van der Waals surface area (Å²) in [5.41, 5.74) is 5.45. The Hall–Kier alpha value is -2.34. The van der Waals surface area contributed by atoms with Gasteiger partial charge in [0, 0.05) is 37.7 Å². The molecule has 37 heavy (non-hydrogen) atoms. The topological polar surface area (TPSA) is 43.4 Å². The molecule has 3 aliphatic rings. The summed E-state index contributed by atoms with van der Waals surface area (Å²) in [5, 5.41) is 0. The van der Waals surface area contributed by atoms with E-state index in [9.17, 15) is 0 Å². The fraction of sp³-hybridized carbons (Fsp3) is 0.581. The number of benzene rings is 1. The van der Waals surface area contributed by atoms with Gasteiger partial charge in [0.05, 0.1) is 39.6 Å². The van der Waals surface area contributed by atoms with Crippen LogP contribution in [0.1, 0.15) is 37.7 Å². The van der Waals surface area contributed by atoms with Gasteiger partial charge in [-0.05, 0) is 75.0 Å². The quantitative estimate of drug-likeness (QED) is 0.262. The number of allylic oxidation sites excluding steroid dienone is 4. The maximum absolute atomic E-state index is 6.01. The molecular formula is C31H44N2O4. The van der Waals surface area contributed by atoms with Crippen LogP contribution in [0.3, 0.4) is 0 Å². The van der Waals surface area contributed by atoms with E-state index in [1.165, 1.54) is 0 Å². The van der Waals surface area contributed by atoms with Crippen LogP contribution < -0.4 is 4.74 Å². The summed E-state index contributed by atoms with van der Waals surface area (Å²) in [6.07, 6.45) is 11.9. The average Bonchev–Trinajstić information content (AvgIpc) is 2.96. The van der Waals surface area contributed by atoms with E-state index in [1.54, 1.807) is 0 Å². The van der Waals surface area contributed by atoms with Crippen molar-refractivity contribution in [1.82, 2.24) is 9.80 Å². The second kappa shape index (κ2) is 15.8. The van der Waals surface area contributed by atoms with Gasteiger partial charge in [-0.3, -0.25) is 9.80 Å². The lowest BCUT2D eigenvalue weighted by Crippen LogP contribution is -2.36. The van der Waals surface area contributed by atoms with Crippen LogP contribution in [0.5, 0.6) is 5.75 Å². The summed E-state index contributed by atoms with van der Waals surface area (Å²) in [7, 11) is 0. The molecule has 0 spiro atoms. The molecule has 0 amide bonds. The van der Waals surface area contributed by atoms with E-state index in [0.29, 0.717) is 0 Å². The number of nitrogens with zero attached hydrogens (tertiary/aromatic N) is 2. The lowest BCUT2D eigenvalue weighted by Gasteiger charge is -2.26. The maximum atomic E-state index is 6.01. The Morgan fingerprint density at radius 3 is 1.97 bits per heavy atom. The van der Waals surface area contributed by atoms with E-state index in [1.807, 2.05) is 0 Å². The van der Waals surface area contributed by atoms with Gasteiger partial charge in [-0.2, -0.15) is 0 Å². The number of ether oxygens (including phenoxy) is 4. The monoisotopic (exact) mass is 508 g/mol. The third-order valence-corrected chi connectivity index (χ3v) is 7.27. The Labute approximate surface area is 223 Å². The van der Waals surface area contributed by atoms with Gasteiger partial charge in [-0.25, -0.2) is 0 Å². The van der Waals surface area contributed by atoms with Crippen molar-refractivity contribution >= 4 is 5.57 Å². The molecule has 0 saturated carbocycles. The summed E-state index contributed by atoms with van der Waals surface area (Å²) in [4.78, 5) is 4.95. The summed E-state index contributed by atoms with van der Waals surface area (Å²) in [6, 6.07) is 8.36. The molecule has 2 aliphatic heterocycles. The first-order chi connectivity index (χ1) is 18.3. The minimum Gasteiger partial charge on any atom is -0.494 e. The Balaban J connectivity index is 1.12. The third kappa shape index (κ3) is 9.48. The zero-order valence-corrected chi connectivity index (χ0v) is 22.4. The van der Waals surface area contributed by atoms with E-state index in [2.05, 4.69) is 64.6 Å². The Morgan fingerprint density at radius 2 is 1.43 bits per heavy atom. The van der Waals surface area contributed by atoms with Gasteiger partial charge < -0.3 is 18.9 Å². The van der Waals surface area contributed by atoms with Crippen molar-refractivity contribution in [3.05, 3.63) is 66.1 Å². The molecule has 1 aliphatic carbocycles. The highest BCUT2D eigenvalue weighted by molar-refractivity contribution is 5.69. The van der Waals surface area contributed by atoms with Gasteiger partial charge in [0.2, 0.25) is 0 Å². The van der Waals surface area contributed by atoms with Crippen molar-refractivity contribution in [2.45, 2.75) is 32.1 Å². The molecule has 2 fully saturated rings. The fourth-order valence-corrected chi connectivity index (χ4v) is 5.00. The second-order valence-corrected chi connectivity index (χ2v) is 9.94. The molecule has 2 heterocycles. The molecule has 1 unspecified atom stereocenters. The number of hydrogen-bond donors (Lipinski definition) is 0. The first-order valence-electron chi connectivity index (χ1n) is 14.1. The molecule has 0 bridgehead atoms. The minimum atomic E-state index is 0.262. The first kappa shape index (κ1) is 27.7. The second-order valence-electron chi connectivity index (χ2n) is 9.94. The van der Waals surface area contributed by atoms with Gasteiger partial charge in [0.25, 0.3) is 0 Å². The van der Waals surface area contributed by atoms with E-state index in [0.717, 1.165) is 134 Å². The van der Waals surface area contributed by atoms with Crippen molar-refractivity contribution in [3.63, 3.8) is 0 Å². The molecule has 202 valence electrons. The van der Waals surface area contributed by atoms with Gasteiger partial charge in [-0.1, -0.05) is 24.8 Å². The van der Waals surface area contributed by atoms with Crippen molar-refractivity contribution in [2.75, 3.05) is 78.9 Å². The zero-order chi connectivity index (χ0) is 25.5. The van der Waals surface area contributed by atoms with E-state index >= 15 is 0 Å². The molecule has 0 N–H and O–H groups in total. The number of rotatable bonds is 14. The van der Waals surface area contributed by atoms with Gasteiger partial charge in [0.1, 0.15) is 11.5 Å². The number of hydrogen-bond acceptors (Lipinski definition) is 6. The average molecular weight is 509 g/mol. The van der Waals surface area contributed by atoms with Gasteiger partial charge >= 0.3 is 0 Å². The standard InChI is InChI=1S/C31H44N2O4/c1-2-31(27-7-11-29(12-8-27)36-21-5-3-15-32-17-23-34-24-18-32)28-9-13-30(14-10-28)37-22-6-4-16-33-19-25-35-26-20-33/h7-9,11-14,28H,1,3-6,10,15-26H2. The molecule has 1 atom stereocenters. The number of unbranched alkanes of at least 4 members (excludes halogenated alkanes) is 2. The Kier molecular flexibility index (Phi) is 11.8. The van der Waals surface area contributed by atoms with E-state index in [-0.39, 0.29) is 5.92 Å². The zero-order valence-electron chi connectivity index (χ0n) is 22.4. The largest absolute Gasteiger partial charge is 0.494 e. The number of morpholine rings is 2. The summed E-state index contributed by atoms with van der Waals surface area (Å²) in [5.74, 6) is 2.16. The molecule has 1 aromatic rings. The highest BCUT2D eigenvalue weighted by Crippen LogP contribution is 2.31. The van der Waals surface area contributed by atoms with Crippen LogP contribution in [0, 0.1) is 5.92 Å². The lowest BCUT2D eigenvalue weighted by atomic mass is 9.88. The van der Waals surface area contributed by atoms with Crippen LogP contribution in [0.4, 0.5) is 0 Å². The van der Waals surface area contributed by atoms with Crippen LogP contribution in [0.2, 0.25) is 0 Å². The highest BCUT2D eigenvalue weighted by atomic mass is 16.5. The van der Waals surface area contributed by atoms with Crippen molar-refractivity contribution in [1.29, 1.82) is 0 Å². The molecule has 0 radical (unpaired) electrons. The molecule has 6 nitrogen and oxygen atoms in total. The fourth-order valence-electron chi connectivity index (χ4n) is 5.00. The smallest absolute Gasteiger partial charge is 0.119 e. The molecule has 6 heteroatoms. The first-order valence-corrected chi connectivity index (χ1v) is 14.1. The molecule has 2 saturated heterocycles. The van der Waals surface area contributed by atoms with Crippen LogP contribution in [-0.4, -0.2) is 88.7 Å². The van der Waals surface area contributed by atoms with E-state index < -0.39 is 0 Å². The molecule has 1 aromatic carbocycles. The molecular weight excluding hydrogens is 464 g/mol. The summed E-state index contributed by atoms with van der Waals surface area (Å²) < 4.78 is 22.8. The highest BCUT2D eigenvalue weighted by Gasteiger charge is 2.16. The molecule has 0 aromatic heterocycles. The normalized spacial score (nSPS) is 20.8. The van der Waals surface area contributed by atoms with E-state index in [4.69, 9.17) is 18.9 Å². The van der Waals surface area contributed by atoms with Gasteiger partial charge in [-0.15, -0.1) is 5.73 Å². The van der Waals surface area contributed by atoms with Crippen LogP contribution in [0.15, 0.2) is 60.6 Å². The predicted octanol–water partition coefficient (Wildman–Crippen LogP) is 4.94. The van der Waals surface area contributed by atoms with Gasteiger partial charge in [0.15, 0.2) is 0 Å². The summed E-state index contributed by atoms with van der Waals surface area (Å²) in [6.45, 7) is 15.4. The van der Waals surface area contributed by atoms with Crippen LogP contribution in [-0.2, 0) is 14.2 Å². The van der Waals surface area contributed by atoms with Crippen LogP contribution in [0.25, 0.3) is 5.57 Å². The minimum absolute atomic E-state index is 0.262. The summed E-state index contributed by atoms with van der Waals surface area (Å²) >= 11 is 0. The SMILES string of the molecule is C=C=C(c1ccc(OCCCCN2CCOCC2)cc1)C1C=CC(OCCCCN2CCOCC2)=CC1. The Bertz CT molecular complexity index is 908. The van der Waals surface area contributed by atoms with Crippen molar-refractivity contribution < 1.29 is 18.9 Å². The Morgan fingerprint density at radius 1 is 0.838 bits per heavy atom. The maximum Gasteiger partial charge on any atom is 0.119 e.